The van der Waals surface area contributed by atoms with Crippen LogP contribution in [0.2, 0.25) is 0 Å². The van der Waals surface area contributed by atoms with Crippen LogP contribution in [-0.4, -0.2) is 47.3 Å². The highest BCUT2D eigenvalue weighted by Crippen LogP contribution is 2.50. The summed E-state index contributed by atoms with van der Waals surface area (Å²) in [5, 5.41) is 22.2. The summed E-state index contributed by atoms with van der Waals surface area (Å²) in [6, 6.07) is 4.97. The standard InChI is InChI=1S/C22H32N2O5/c1-3-22(9-5-4-6-10-22)17-14-24(21(27)28)13-16(17)20(26)23-12-15-7-8-18(25)19(11-15)29-2/h7-8,11,16-17,25H,3-6,9-10,12-14H2,1-2H3,(H,23,26)(H,27,28). The number of rotatable bonds is 6. The predicted molar refractivity (Wildman–Crippen MR) is 109 cm³/mol. The number of ether oxygens (including phenoxy) is 1. The van der Waals surface area contributed by atoms with E-state index in [0.717, 1.165) is 37.7 Å². The van der Waals surface area contributed by atoms with Crippen LogP contribution in [0.25, 0.3) is 0 Å². The van der Waals surface area contributed by atoms with Crippen molar-refractivity contribution in [3.63, 3.8) is 0 Å². The van der Waals surface area contributed by atoms with Gasteiger partial charge in [0.05, 0.1) is 13.0 Å². The van der Waals surface area contributed by atoms with Gasteiger partial charge in [0.25, 0.3) is 0 Å². The second kappa shape index (κ2) is 8.93. The first kappa shape index (κ1) is 21.3. The third-order valence-corrected chi connectivity index (χ3v) is 6.98. The van der Waals surface area contributed by atoms with Crippen LogP contribution < -0.4 is 10.1 Å². The molecule has 0 radical (unpaired) electrons. The van der Waals surface area contributed by atoms with Crippen molar-refractivity contribution in [2.75, 3.05) is 20.2 Å². The first-order valence-corrected chi connectivity index (χ1v) is 10.5. The summed E-state index contributed by atoms with van der Waals surface area (Å²) < 4.78 is 5.12. The van der Waals surface area contributed by atoms with Gasteiger partial charge in [0.2, 0.25) is 5.91 Å². The molecule has 2 aliphatic rings. The number of carboxylic acid groups (broad SMARTS) is 1. The Morgan fingerprint density at radius 2 is 1.97 bits per heavy atom. The Bertz CT molecular complexity index is 745. The highest BCUT2D eigenvalue weighted by Gasteiger charge is 2.50. The van der Waals surface area contributed by atoms with Crippen LogP contribution >= 0.6 is 0 Å². The predicted octanol–water partition coefficient (Wildman–Crippen LogP) is 3.60. The van der Waals surface area contributed by atoms with E-state index < -0.39 is 6.09 Å². The zero-order valence-electron chi connectivity index (χ0n) is 17.3. The number of carbonyl (C=O) groups excluding carboxylic acids is 1. The highest BCUT2D eigenvalue weighted by molar-refractivity contribution is 5.81. The molecule has 0 spiro atoms. The van der Waals surface area contributed by atoms with E-state index in [2.05, 4.69) is 12.2 Å². The number of likely N-dealkylation sites (tertiary alicyclic amines) is 1. The number of phenolic OH excluding ortho intramolecular Hbond substituents is 1. The van der Waals surface area contributed by atoms with Crippen molar-refractivity contribution >= 4 is 12.0 Å². The summed E-state index contributed by atoms with van der Waals surface area (Å²) in [6.45, 7) is 3.18. The van der Waals surface area contributed by atoms with Gasteiger partial charge in [-0.1, -0.05) is 38.7 Å². The van der Waals surface area contributed by atoms with Crippen LogP contribution in [0, 0.1) is 17.3 Å². The van der Waals surface area contributed by atoms with Crippen molar-refractivity contribution in [1.29, 1.82) is 0 Å². The molecule has 1 heterocycles. The number of hydrogen-bond donors (Lipinski definition) is 3. The number of methoxy groups -OCH3 is 1. The molecule has 2 atom stereocenters. The van der Waals surface area contributed by atoms with E-state index in [0.29, 0.717) is 18.8 Å². The highest BCUT2D eigenvalue weighted by atomic mass is 16.5. The molecule has 3 rings (SSSR count). The number of phenols is 1. The van der Waals surface area contributed by atoms with Gasteiger partial charge in [-0.25, -0.2) is 4.79 Å². The van der Waals surface area contributed by atoms with E-state index in [9.17, 15) is 19.8 Å². The average Bonchev–Trinajstić information content (AvgIpc) is 3.20. The second-order valence-electron chi connectivity index (χ2n) is 8.40. The van der Waals surface area contributed by atoms with E-state index in [4.69, 9.17) is 4.74 Å². The Morgan fingerprint density at radius 3 is 2.59 bits per heavy atom. The number of hydrogen-bond acceptors (Lipinski definition) is 4. The summed E-state index contributed by atoms with van der Waals surface area (Å²) in [5.74, 6) is 0.0445. The van der Waals surface area contributed by atoms with Crippen LogP contribution in [0.4, 0.5) is 4.79 Å². The topological polar surface area (TPSA) is 99.1 Å². The number of amides is 2. The molecule has 2 unspecified atom stereocenters. The van der Waals surface area contributed by atoms with Crippen molar-refractivity contribution in [3.8, 4) is 11.5 Å². The van der Waals surface area contributed by atoms with Crippen molar-refractivity contribution in [2.24, 2.45) is 17.3 Å². The molecule has 7 nitrogen and oxygen atoms in total. The smallest absolute Gasteiger partial charge is 0.407 e. The average molecular weight is 405 g/mol. The van der Waals surface area contributed by atoms with Crippen molar-refractivity contribution < 1.29 is 24.5 Å². The molecule has 1 saturated carbocycles. The summed E-state index contributed by atoms with van der Waals surface area (Å²) in [6.07, 6.45) is 5.69. The third-order valence-electron chi connectivity index (χ3n) is 6.98. The molecule has 0 bridgehead atoms. The molecule has 1 aliphatic heterocycles. The van der Waals surface area contributed by atoms with Crippen molar-refractivity contribution in [1.82, 2.24) is 10.2 Å². The maximum absolute atomic E-state index is 13.1. The van der Waals surface area contributed by atoms with Gasteiger partial charge in [-0.05, 0) is 41.9 Å². The molecule has 3 N–H and O–H groups in total. The molecule has 1 aromatic rings. The van der Waals surface area contributed by atoms with Crippen LogP contribution in [0.1, 0.15) is 51.0 Å². The van der Waals surface area contributed by atoms with Crippen molar-refractivity contribution in [2.45, 2.75) is 52.0 Å². The van der Waals surface area contributed by atoms with Crippen LogP contribution in [0.5, 0.6) is 11.5 Å². The van der Waals surface area contributed by atoms with Crippen LogP contribution in [0.15, 0.2) is 18.2 Å². The van der Waals surface area contributed by atoms with Gasteiger partial charge in [-0.3, -0.25) is 4.79 Å². The number of nitrogens with zero attached hydrogens (tertiary/aromatic N) is 1. The lowest BCUT2D eigenvalue weighted by molar-refractivity contribution is -0.127. The first-order valence-electron chi connectivity index (χ1n) is 10.5. The minimum atomic E-state index is -0.948. The fourth-order valence-electron chi connectivity index (χ4n) is 5.24. The Kier molecular flexibility index (Phi) is 6.55. The Morgan fingerprint density at radius 1 is 1.24 bits per heavy atom. The third kappa shape index (κ3) is 4.43. The summed E-state index contributed by atoms with van der Waals surface area (Å²) in [5.41, 5.74) is 0.868. The van der Waals surface area contributed by atoms with Crippen molar-refractivity contribution in [3.05, 3.63) is 23.8 Å². The van der Waals surface area contributed by atoms with Crippen LogP contribution in [-0.2, 0) is 11.3 Å². The number of carbonyl (C=O) groups is 2. The van der Waals surface area contributed by atoms with Gasteiger partial charge in [0, 0.05) is 19.6 Å². The zero-order valence-corrected chi connectivity index (χ0v) is 17.3. The fraction of sp³-hybridized carbons (Fsp3) is 0.636. The Labute approximate surface area is 172 Å². The van der Waals surface area contributed by atoms with Gasteiger partial charge in [-0.2, -0.15) is 0 Å². The normalized spacial score (nSPS) is 23.6. The number of nitrogens with one attached hydrogen (secondary N) is 1. The maximum atomic E-state index is 13.1. The van der Waals surface area contributed by atoms with Gasteiger partial charge < -0.3 is 25.2 Å². The van der Waals surface area contributed by atoms with E-state index in [1.165, 1.54) is 18.4 Å². The fourth-order valence-corrected chi connectivity index (χ4v) is 5.24. The van der Waals surface area contributed by atoms with Crippen LogP contribution in [0.3, 0.4) is 0 Å². The first-order chi connectivity index (χ1) is 13.9. The Balaban J connectivity index is 1.74. The lowest BCUT2D eigenvalue weighted by Gasteiger charge is -2.43. The monoisotopic (exact) mass is 404 g/mol. The molecular formula is C22H32N2O5. The van der Waals surface area contributed by atoms with E-state index in [1.54, 1.807) is 18.2 Å². The van der Waals surface area contributed by atoms with E-state index in [1.807, 2.05) is 0 Å². The molecule has 29 heavy (non-hydrogen) atoms. The molecular weight excluding hydrogens is 372 g/mol. The molecule has 2 amide bonds. The summed E-state index contributed by atoms with van der Waals surface area (Å²) >= 11 is 0. The number of benzene rings is 1. The number of aromatic hydroxyl groups is 1. The lowest BCUT2D eigenvalue weighted by Crippen LogP contribution is -2.43. The summed E-state index contributed by atoms with van der Waals surface area (Å²) in [7, 11) is 1.48. The maximum Gasteiger partial charge on any atom is 0.407 e. The van der Waals surface area contributed by atoms with Gasteiger partial charge in [0.15, 0.2) is 11.5 Å². The summed E-state index contributed by atoms with van der Waals surface area (Å²) in [4.78, 5) is 26.1. The van der Waals surface area contributed by atoms with E-state index in [-0.39, 0.29) is 35.5 Å². The molecule has 7 heteroatoms. The molecule has 1 aliphatic carbocycles. The van der Waals surface area contributed by atoms with Gasteiger partial charge in [0.1, 0.15) is 0 Å². The molecule has 1 saturated heterocycles. The van der Waals surface area contributed by atoms with Gasteiger partial charge >= 0.3 is 6.09 Å². The second-order valence-corrected chi connectivity index (χ2v) is 8.40. The zero-order chi connectivity index (χ0) is 21.0. The quantitative estimate of drug-likeness (QED) is 0.673. The molecule has 1 aromatic carbocycles. The van der Waals surface area contributed by atoms with Gasteiger partial charge in [-0.15, -0.1) is 0 Å². The minimum Gasteiger partial charge on any atom is -0.504 e. The SMILES string of the molecule is CCC1(C2CN(C(=O)O)CC2C(=O)NCc2ccc(O)c(OC)c2)CCCCC1. The lowest BCUT2D eigenvalue weighted by atomic mass is 9.61. The van der Waals surface area contributed by atoms with E-state index >= 15 is 0 Å². The largest absolute Gasteiger partial charge is 0.504 e. The Hall–Kier alpha value is -2.44. The molecule has 160 valence electrons. The molecule has 2 fully saturated rings. The molecule has 0 aromatic heterocycles. The minimum absolute atomic E-state index is 0.0478.